The molecule has 0 aliphatic heterocycles. The average molecular weight is 628 g/mol. The molecule has 3 heteroatoms. The number of aromatic nitrogens is 3. The zero-order valence-electron chi connectivity index (χ0n) is 27.4. The first-order chi connectivity index (χ1) is 24.2. The van der Waals surface area contributed by atoms with Gasteiger partial charge in [0.1, 0.15) is 0 Å². The van der Waals surface area contributed by atoms with Crippen molar-refractivity contribution in [3.05, 3.63) is 169 Å². The number of nitrogens with zero attached hydrogens (tertiary/aromatic N) is 3. The summed E-state index contributed by atoms with van der Waals surface area (Å²) < 4.78 is 2.36. The Morgan fingerprint density at radius 1 is 0.531 bits per heavy atom. The number of hydrogen-bond donors (Lipinski definition) is 0. The monoisotopic (exact) mass is 627 g/mol. The topological polar surface area (TPSA) is 30.7 Å². The molecule has 0 aliphatic carbocycles. The van der Waals surface area contributed by atoms with Crippen LogP contribution < -0.4 is 0 Å². The van der Waals surface area contributed by atoms with E-state index < -0.39 is 0 Å². The Bertz CT molecular complexity index is 2700. The molecule has 49 heavy (non-hydrogen) atoms. The average Bonchev–Trinajstić information content (AvgIpc) is 3.45. The Kier molecular flexibility index (Phi) is 6.91. The van der Waals surface area contributed by atoms with E-state index in [1.54, 1.807) is 0 Å². The van der Waals surface area contributed by atoms with E-state index in [1.165, 1.54) is 49.7 Å². The zero-order valence-corrected chi connectivity index (χ0v) is 27.4. The van der Waals surface area contributed by atoms with Crippen molar-refractivity contribution in [2.24, 2.45) is 0 Å². The highest BCUT2D eigenvalue weighted by Crippen LogP contribution is 2.41. The largest absolute Gasteiger partial charge is 0.313 e. The summed E-state index contributed by atoms with van der Waals surface area (Å²) in [6.07, 6.45) is 6.30. The van der Waals surface area contributed by atoms with Gasteiger partial charge in [0.05, 0.1) is 28.4 Å². The van der Waals surface area contributed by atoms with Crippen LogP contribution in [0.3, 0.4) is 0 Å². The summed E-state index contributed by atoms with van der Waals surface area (Å²) in [5.74, 6) is 0. The van der Waals surface area contributed by atoms with Crippen LogP contribution in [-0.2, 0) is 0 Å². The van der Waals surface area contributed by atoms with Gasteiger partial charge in [-0.1, -0.05) is 133 Å². The van der Waals surface area contributed by atoms with E-state index in [9.17, 15) is 0 Å². The fourth-order valence-electron chi connectivity index (χ4n) is 7.56. The number of benzene rings is 7. The van der Waals surface area contributed by atoms with Gasteiger partial charge < -0.3 is 4.57 Å². The maximum absolute atomic E-state index is 5.35. The molecule has 0 fully saturated rings. The van der Waals surface area contributed by atoms with Gasteiger partial charge in [0.15, 0.2) is 0 Å². The van der Waals surface area contributed by atoms with E-state index in [0.29, 0.717) is 0 Å². The molecule has 0 amide bonds. The quantitative estimate of drug-likeness (QED) is 0.178. The van der Waals surface area contributed by atoms with Gasteiger partial charge >= 0.3 is 0 Å². The van der Waals surface area contributed by atoms with Crippen LogP contribution in [0.1, 0.15) is 18.2 Å². The Morgan fingerprint density at radius 2 is 1.10 bits per heavy atom. The maximum atomic E-state index is 5.35. The highest BCUT2D eigenvalue weighted by molar-refractivity contribution is 6.23. The first-order valence-electron chi connectivity index (χ1n) is 16.8. The molecule has 7 aromatic carbocycles. The molecule has 2 aromatic heterocycles. The first kappa shape index (κ1) is 28.9. The molecule has 0 saturated carbocycles. The second kappa shape index (κ2) is 11.7. The lowest BCUT2D eigenvalue weighted by molar-refractivity contribution is 1.05. The summed E-state index contributed by atoms with van der Waals surface area (Å²) >= 11 is 0. The zero-order chi connectivity index (χ0) is 32.9. The summed E-state index contributed by atoms with van der Waals surface area (Å²) in [4.78, 5) is 10.4. The van der Waals surface area contributed by atoms with E-state index in [-0.39, 0.29) is 0 Å². The predicted octanol–water partition coefficient (Wildman–Crippen LogP) is 12.2. The highest BCUT2D eigenvalue weighted by Gasteiger charge is 2.18. The number of fused-ring (bicyclic) bond motifs is 7. The minimum Gasteiger partial charge on any atom is -0.313 e. The second-order valence-corrected chi connectivity index (χ2v) is 12.5. The summed E-state index contributed by atoms with van der Waals surface area (Å²) in [5.41, 5.74) is 13.3. The summed E-state index contributed by atoms with van der Waals surface area (Å²) in [7, 11) is 0. The van der Waals surface area contributed by atoms with E-state index in [4.69, 9.17) is 9.97 Å². The molecule has 0 aliphatic rings. The minimum absolute atomic E-state index is 0.861. The van der Waals surface area contributed by atoms with Gasteiger partial charge in [-0.2, -0.15) is 0 Å². The summed E-state index contributed by atoms with van der Waals surface area (Å²) in [6.45, 7) is 4.30. The van der Waals surface area contributed by atoms with Crippen molar-refractivity contribution >= 4 is 49.6 Å². The first-order valence-corrected chi connectivity index (χ1v) is 16.8. The van der Waals surface area contributed by atoms with Crippen molar-refractivity contribution in [3.8, 4) is 39.2 Å². The normalized spacial score (nSPS) is 11.8. The standard InChI is InChI=1S/C46H33N3/c1-3-15-33-30(2)49(32-16-5-4-6-17-32)44-27-26-31(28-42(33)44)34-18-7-8-19-35(34)36-20-9-12-23-39(36)43-29-47-45-40-24-13-10-21-37(40)38-22-11-14-25-41(38)46(45)48-43/h3-29H,1-2H3/b15-3-. The van der Waals surface area contributed by atoms with Crippen LogP contribution in [0.15, 0.2) is 158 Å². The molecule has 232 valence electrons. The molecule has 3 nitrogen and oxygen atoms in total. The minimum atomic E-state index is 0.861. The van der Waals surface area contributed by atoms with E-state index in [2.05, 4.69) is 176 Å². The molecular weight excluding hydrogens is 595 g/mol. The maximum Gasteiger partial charge on any atom is 0.0979 e. The number of hydrogen-bond acceptors (Lipinski definition) is 2. The van der Waals surface area contributed by atoms with Crippen LogP contribution >= 0.6 is 0 Å². The lowest BCUT2D eigenvalue weighted by Crippen LogP contribution is -1.96. The second-order valence-electron chi connectivity index (χ2n) is 12.5. The molecular formula is C46H33N3. The molecule has 0 radical (unpaired) electrons. The summed E-state index contributed by atoms with van der Waals surface area (Å²) in [6, 6.07) is 51.8. The lowest BCUT2D eigenvalue weighted by Gasteiger charge is -2.15. The third-order valence-corrected chi connectivity index (χ3v) is 9.76. The van der Waals surface area contributed by atoms with Crippen LogP contribution in [-0.4, -0.2) is 14.5 Å². The van der Waals surface area contributed by atoms with E-state index in [1.807, 2.05) is 6.20 Å². The lowest BCUT2D eigenvalue weighted by atomic mass is 9.90. The fraction of sp³-hybridized carbons (Fsp3) is 0.0435. The number of para-hydroxylation sites is 1. The van der Waals surface area contributed by atoms with Gasteiger partial charge in [-0.3, -0.25) is 4.98 Å². The molecule has 0 N–H and O–H groups in total. The smallest absolute Gasteiger partial charge is 0.0979 e. The van der Waals surface area contributed by atoms with Crippen molar-refractivity contribution in [2.45, 2.75) is 13.8 Å². The molecule has 0 saturated heterocycles. The predicted molar refractivity (Wildman–Crippen MR) is 207 cm³/mol. The van der Waals surface area contributed by atoms with Crippen molar-refractivity contribution in [1.82, 2.24) is 14.5 Å². The Hall–Kier alpha value is -6.32. The van der Waals surface area contributed by atoms with Crippen LogP contribution in [0.25, 0.3) is 88.8 Å². The van der Waals surface area contributed by atoms with Crippen LogP contribution in [0.2, 0.25) is 0 Å². The molecule has 0 unspecified atom stereocenters. The van der Waals surface area contributed by atoms with E-state index in [0.717, 1.165) is 44.2 Å². The van der Waals surface area contributed by atoms with Crippen molar-refractivity contribution in [3.63, 3.8) is 0 Å². The molecule has 0 atom stereocenters. The molecule has 9 aromatic rings. The Balaban J connectivity index is 1.23. The van der Waals surface area contributed by atoms with Gasteiger partial charge in [0.2, 0.25) is 0 Å². The highest BCUT2D eigenvalue weighted by atomic mass is 15.0. The van der Waals surface area contributed by atoms with Gasteiger partial charge in [0.25, 0.3) is 0 Å². The fourth-order valence-corrected chi connectivity index (χ4v) is 7.56. The van der Waals surface area contributed by atoms with Gasteiger partial charge in [0, 0.05) is 38.7 Å². The van der Waals surface area contributed by atoms with Gasteiger partial charge in [-0.05, 0) is 71.1 Å². The van der Waals surface area contributed by atoms with Crippen molar-refractivity contribution in [1.29, 1.82) is 0 Å². The summed E-state index contributed by atoms with van der Waals surface area (Å²) in [5, 5.41) is 5.87. The van der Waals surface area contributed by atoms with Crippen LogP contribution in [0.4, 0.5) is 0 Å². The van der Waals surface area contributed by atoms with Gasteiger partial charge in [-0.25, -0.2) is 4.98 Å². The third kappa shape index (κ3) is 4.66. The van der Waals surface area contributed by atoms with Crippen molar-refractivity contribution in [2.75, 3.05) is 0 Å². The Morgan fingerprint density at radius 3 is 1.80 bits per heavy atom. The molecule has 9 rings (SSSR count). The molecule has 0 bridgehead atoms. The third-order valence-electron chi connectivity index (χ3n) is 9.76. The SMILES string of the molecule is C/C=C\c1c(C)n(-c2ccccc2)c2ccc(-c3ccccc3-c3ccccc3-c3cnc4c5ccccc5c5ccccc5c4n3)cc12. The van der Waals surface area contributed by atoms with E-state index >= 15 is 0 Å². The van der Waals surface area contributed by atoms with Crippen LogP contribution in [0.5, 0.6) is 0 Å². The van der Waals surface area contributed by atoms with Crippen LogP contribution in [0, 0.1) is 6.92 Å². The number of rotatable bonds is 5. The van der Waals surface area contributed by atoms with Gasteiger partial charge in [-0.15, -0.1) is 0 Å². The Labute approximate surface area is 285 Å². The van der Waals surface area contributed by atoms with Crippen molar-refractivity contribution < 1.29 is 0 Å². The molecule has 2 heterocycles. The molecule has 0 spiro atoms. The number of allylic oxidation sites excluding steroid dienone is 1.